The van der Waals surface area contributed by atoms with Crippen molar-refractivity contribution in [2.24, 2.45) is 0 Å². The maximum absolute atomic E-state index is 12.9. The second-order valence-corrected chi connectivity index (χ2v) is 8.23. The molecular weight excluding hydrogens is 435 g/mol. The summed E-state index contributed by atoms with van der Waals surface area (Å²) in [5, 5.41) is 12.1. The van der Waals surface area contributed by atoms with Gasteiger partial charge in [0.25, 0.3) is 5.91 Å². The molecule has 6 nitrogen and oxygen atoms in total. The van der Waals surface area contributed by atoms with Gasteiger partial charge in [-0.25, -0.2) is 4.98 Å². The van der Waals surface area contributed by atoms with Crippen molar-refractivity contribution in [3.63, 3.8) is 0 Å². The zero-order valence-electron chi connectivity index (χ0n) is 16.8. The molecule has 0 atom stereocenters. The molecule has 4 rings (SSSR count). The van der Waals surface area contributed by atoms with Gasteiger partial charge in [0, 0.05) is 16.1 Å². The van der Waals surface area contributed by atoms with Crippen LogP contribution >= 0.6 is 23.2 Å². The van der Waals surface area contributed by atoms with Crippen molar-refractivity contribution in [2.75, 3.05) is 0 Å². The minimum absolute atomic E-state index is 0.236. The molecule has 8 heteroatoms. The second kappa shape index (κ2) is 8.49. The third-order valence-corrected chi connectivity index (χ3v) is 5.14. The van der Waals surface area contributed by atoms with Crippen LogP contribution in [0.5, 0.6) is 0 Å². The van der Waals surface area contributed by atoms with Gasteiger partial charge in [0.05, 0.1) is 10.7 Å². The molecule has 1 amide bonds. The Hall–Kier alpha value is -3.22. The molecule has 0 saturated heterocycles. The molecule has 0 radical (unpaired) electrons. The van der Waals surface area contributed by atoms with Gasteiger partial charge in [-0.3, -0.25) is 4.79 Å². The summed E-state index contributed by atoms with van der Waals surface area (Å²) in [6.45, 7) is 3.57. The molecule has 1 N–H and O–H groups in total. The number of aromatic nitrogens is 3. The monoisotopic (exact) mass is 452 g/mol. The van der Waals surface area contributed by atoms with Crippen molar-refractivity contribution >= 4 is 29.1 Å². The smallest absolute Gasteiger partial charge is 0.270 e. The minimum atomic E-state index is -0.910. The Morgan fingerprint density at radius 2 is 1.74 bits per heavy atom. The van der Waals surface area contributed by atoms with Crippen LogP contribution in [0.15, 0.2) is 71.1 Å². The zero-order valence-corrected chi connectivity index (χ0v) is 18.3. The van der Waals surface area contributed by atoms with Crippen LogP contribution in [0.1, 0.15) is 30.2 Å². The van der Waals surface area contributed by atoms with E-state index in [1.807, 2.05) is 30.3 Å². The van der Waals surface area contributed by atoms with Crippen LogP contribution in [0.3, 0.4) is 0 Å². The molecule has 2 aromatic heterocycles. The second-order valence-electron chi connectivity index (χ2n) is 7.39. The number of hydrogen-bond acceptors (Lipinski definition) is 5. The summed E-state index contributed by atoms with van der Waals surface area (Å²) < 4.78 is 5.80. The van der Waals surface area contributed by atoms with Gasteiger partial charge in [0.1, 0.15) is 11.2 Å². The maximum Gasteiger partial charge on any atom is 0.270 e. The quantitative estimate of drug-likeness (QED) is 0.415. The average Bonchev–Trinajstić information content (AvgIpc) is 3.26. The largest absolute Gasteiger partial charge is 0.418 e. The third kappa shape index (κ3) is 4.60. The van der Waals surface area contributed by atoms with Crippen molar-refractivity contribution < 1.29 is 9.21 Å². The van der Waals surface area contributed by atoms with E-state index in [2.05, 4.69) is 20.5 Å². The van der Waals surface area contributed by atoms with Gasteiger partial charge in [-0.15, -0.1) is 10.2 Å². The normalized spacial score (nSPS) is 11.4. The first-order chi connectivity index (χ1) is 14.8. The van der Waals surface area contributed by atoms with Gasteiger partial charge in [-0.2, -0.15) is 0 Å². The van der Waals surface area contributed by atoms with Gasteiger partial charge in [-0.1, -0.05) is 47.5 Å². The number of nitrogens with one attached hydrogen (secondary N) is 1. The molecule has 0 fully saturated rings. The fourth-order valence-corrected chi connectivity index (χ4v) is 3.49. The highest BCUT2D eigenvalue weighted by atomic mass is 35.5. The maximum atomic E-state index is 12.9. The van der Waals surface area contributed by atoms with Crippen molar-refractivity contribution in [1.82, 2.24) is 20.5 Å². The molecule has 0 aliphatic carbocycles. The molecule has 0 unspecified atom stereocenters. The molecule has 0 aliphatic rings. The van der Waals surface area contributed by atoms with E-state index in [0.29, 0.717) is 27.2 Å². The fraction of sp³-hybridized carbons (Fsp3) is 0.130. The lowest BCUT2D eigenvalue weighted by atomic mass is 10.1. The predicted molar refractivity (Wildman–Crippen MR) is 120 cm³/mol. The highest BCUT2D eigenvalue weighted by Crippen LogP contribution is 2.29. The molecule has 4 aromatic rings. The van der Waals surface area contributed by atoms with Crippen LogP contribution in [-0.4, -0.2) is 21.1 Å². The number of halogens is 2. The Labute approximate surface area is 189 Å². The summed E-state index contributed by atoms with van der Waals surface area (Å²) >= 11 is 12.3. The van der Waals surface area contributed by atoms with Crippen LogP contribution < -0.4 is 5.32 Å². The molecule has 0 bridgehead atoms. The van der Waals surface area contributed by atoms with E-state index >= 15 is 0 Å². The Morgan fingerprint density at radius 1 is 0.968 bits per heavy atom. The molecule has 0 spiro atoms. The van der Waals surface area contributed by atoms with Crippen LogP contribution in [0.4, 0.5) is 0 Å². The number of rotatable bonds is 5. The molecule has 31 heavy (non-hydrogen) atoms. The lowest BCUT2D eigenvalue weighted by molar-refractivity contribution is 0.0894. The van der Waals surface area contributed by atoms with Crippen LogP contribution in [0.2, 0.25) is 10.0 Å². The van der Waals surface area contributed by atoms with Crippen LogP contribution in [-0.2, 0) is 5.54 Å². The molecular formula is C23H18Cl2N4O2. The van der Waals surface area contributed by atoms with Gasteiger partial charge < -0.3 is 9.73 Å². The van der Waals surface area contributed by atoms with Gasteiger partial charge in [0.2, 0.25) is 11.8 Å². The molecule has 0 saturated carbocycles. The summed E-state index contributed by atoms with van der Waals surface area (Å²) in [5.41, 5.74) is 1.38. The van der Waals surface area contributed by atoms with Crippen LogP contribution in [0, 0.1) is 0 Å². The van der Waals surface area contributed by atoms with Gasteiger partial charge in [-0.05, 0) is 56.3 Å². The first-order valence-electron chi connectivity index (χ1n) is 9.48. The van der Waals surface area contributed by atoms with E-state index in [0.717, 1.165) is 5.56 Å². The molecule has 0 aliphatic heterocycles. The lowest BCUT2D eigenvalue weighted by Crippen LogP contribution is -2.41. The topological polar surface area (TPSA) is 80.9 Å². The number of nitrogens with zero attached hydrogens (tertiary/aromatic N) is 3. The number of carbonyl (C=O) groups excluding carboxylic acids is 1. The highest BCUT2D eigenvalue weighted by molar-refractivity contribution is 6.36. The number of amides is 1. The van der Waals surface area contributed by atoms with Crippen molar-refractivity contribution in [1.29, 1.82) is 0 Å². The summed E-state index contributed by atoms with van der Waals surface area (Å²) in [4.78, 5) is 17.4. The average molecular weight is 453 g/mol. The van der Waals surface area contributed by atoms with E-state index in [1.54, 1.807) is 50.2 Å². The summed E-state index contributed by atoms with van der Waals surface area (Å²) in [7, 11) is 0. The summed E-state index contributed by atoms with van der Waals surface area (Å²) in [5.74, 6) is 0.295. The van der Waals surface area contributed by atoms with E-state index in [9.17, 15) is 4.79 Å². The Morgan fingerprint density at radius 3 is 2.48 bits per heavy atom. The number of benzene rings is 2. The zero-order chi connectivity index (χ0) is 22.0. The van der Waals surface area contributed by atoms with E-state index < -0.39 is 5.54 Å². The van der Waals surface area contributed by atoms with Gasteiger partial charge in [0.15, 0.2) is 0 Å². The predicted octanol–water partition coefficient (Wildman–Crippen LogP) is 5.77. The third-order valence-electron chi connectivity index (χ3n) is 4.60. The fourth-order valence-electron chi connectivity index (χ4n) is 2.98. The summed E-state index contributed by atoms with van der Waals surface area (Å²) in [6, 6.07) is 19.7. The highest BCUT2D eigenvalue weighted by Gasteiger charge is 2.30. The number of hydrogen-bond donors (Lipinski definition) is 1. The first kappa shape index (κ1) is 21.0. The lowest BCUT2D eigenvalue weighted by Gasteiger charge is -2.21. The minimum Gasteiger partial charge on any atom is -0.418 e. The summed E-state index contributed by atoms with van der Waals surface area (Å²) in [6.07, 6.45) is 0. The SMILES string of the molecule is CC(C)(NC(=O)c1cccc(-c2ccc(Cl)cc2Cl)n1)c1nnc(-c2ccccc2)o1. The first-order valence-corrected chi connectivity index (χ1v) is 10.2. The van der Waals surface area contributed by atoms with Crippen molar-refractivity contribution in [3.05, 3.63) is 88.4 Å². The molecule has 156 valence electrons. The Bertz CT molecular complexity index is 1240. The Kier molecular flexibility index (Phi) is 5.76. The van der Waals surface area contributed by atoms with E-state index in [-0.39, 0.29) is 17.5 Å². The van der Waals surface area contributed by atoms with Crippen molar-refractivity contribution in [2.45, 2.75) is 19.4 Å². The van der Waals surface area contributed by atoms with Crippen molar-refractivity contribution in [3.8, 4) is 22.7 Å². The van der Waals surface area contributed by atoms with Gasteiger partial charge >= 0.3 is 0 Å². The number of carbonyl (C=O) groups is 1. The molecule has 2 aromatic carbocycles. The number of pyridine rings is 1. The van der Waals surface area contributed by atoms with Crippen LogP contribution in [0.25, 0.3) is 22.7 Å². The molecule has 2 heterocycles. The van der Waals surface area contributed by atoms with E-state index in [1.165, 1.54) is 0 Å². The Balaban J connectivity index is 1.56. The van der Waals surface area contributed by atoms with E-state index in [4.69, 9.17) is 27.6 Å². The standard InChI is InChI=1S/C23H18Cl2N4O2/c1-23(2,22-29-28-21(31-22)14-7-4-3-5-8-14)27-20(30)19-10-6-9-18(26-19)16-12-11-15(24)13-17(16)25/h3-13H,1-2H3,(H,27,30).